The molecule has 0 unspecified atom stereocenters. The summed E-state index contributed by atoms with van der Waals surface area (Å²) in [6.07, 6.45) is 1.05. The topological polar surface area (TPSA) is 83.6 Å². The maximum absolute atomic E-state index is 12.0. The molecule has 6 nitrogen and oxygen atoms in total. The van der Waals surface area contributed by atoms with E-state index in [-0.39, 0.29) is 17.0 Å². The molecule has 0 amide bonds. The van der Waals surface area contributed by atoms with E-state index in [0.29, 0.717) is 19.6 Å². The first-order chi connectivity index (χ1) is 7.52. The predicted molar refractivity (Wildman–Crippen MR) is 67.2 cm³/mol. The molecule has 1 aliphatic heterocycles. The highest BCUT2D eigenvalue weighted by Crippen LogP contribution is 2.14. The first-order valence-electron chi connectivity index (χ1n) is 5.42. The Morgan fingerprint density at radius 2 is 1.76 bits per heavy atom. The molecule has 1 N–H and O–H groups in total. The van der Waals surface area contributed by atoms with Crippen LogP contribution in [-0.4, -0.2) is 64.1 Å². The molecule has 1 saturated heterocycles. The summed E-state index contributed by atoms with van der Waals surface area (Å²) in [5.74, 6) is -0.651. The summed E-state index contributed by atoms with van der Waals surface area (Å²) in [5.41, 5.74) is -0.267. The lowest BCUT2D eigenvalue weighted by Gasteiger charge is -2.38. The quantitative estimate of drug-likeness (QED) is 0.719. The van der Waals surface area contributed by atoms with Crippen LogP contribution in [0.5, 0.6) is 0 Å². The summed E-state index contributed by atoms with van der Waals surface area (Å²) in [7, 11) is -6.72. The van der Waals surface area contributed by atoms with Gasteiger partial charge in [-0.2, -0.15) is 4.31 Å². The molecule has 0 aliphatic carbocycles. The molecular weight excluding hydrogens is 264 g/mol. The van der Waals surface area contributed by atoms with E-state index in [9.17, 15) is 16.8 Å². The van der Waals surface area contributed by atoms with Crippen molar-refractivity contribution >= 4 is 19.9 Å². The van der Waals surface area contributed by atoms with Crippen LogP contribution < -0.4 is 5.32 Å². The van der Waals surface area contributed by atoms with Crippen LogP contribution in [0.3, 0.4) is 0 Å². The van der Waals surface area contributed by atoms with Gasteiger partial charge in [0.15, 0.2) is 0 Å². The van der Waals surface area contributed by atoms with Crippen LogP contribution in [0.15, 0.2) is 0 Å². The van der Waals surface area contributed by atoms with Crippen molar-refractivity contribution in [2.45, 2.75) is 19.4 Å². The van der Waals surface area contributed by atoms with Gasteiger partial charge in [0.25, 0.3) is 0 Å². The molecule has 0 aromatic rings. The summed E-state index contributed by atoms with van der Waals surface area (Å²) < 4.78 is 47.3. The molecule has 0 aromatic heterocycles. The van der Waals surface area contributed by atoms with E-state index < -0.39 is 19.9 Å². The van der Waals surface area contributed by atoms with Crippen LogP contribution in [0.1, 0.15) is 13.8 Å². The van der Waals surface area contributed by atoms with Gasteiger partial charge in [-0.05, 0) is 13.8 Å². The first-order valence-corrected chi connectivity index (χ1v) is 9.09. The van der Waals surface area contributed by atoms with Crippen molar-refractivity contribution in [2.75, 3.05) is 37.4 Å². The number of rotatable bonds is 4. The zero-order valence-electron chi connectivity index (χ0n) is 10.4. The zero-order chi connectivity index (χ0) is 13.3. The standard InChI is InChI=1S/C9H20N2O4S2/c1-9(2)8-11(5-4-10-9)17(14,15)7-6-16(3,12)13/h10H,4-8H2,1-3H3. The molecule has 0 radical (unpaired) electrons. The Balaban J connectivity index is 2.71. The largest absolute Gasteiger partial charge is 0.309 e. The van der Waals surface area contributed by atoms with Gasteiger partial charge < -0.3 is 5.32 Å². The number of sulfone groups is 1. The highest BCUT2D eigenvalue weighted by molar-refractivity contribution is 7.93. The second-order valence-corrected chi connectivity index (χ2v) is 9.44. The van der Waals surface area contributed by atoms with Crippen LogP contribution in [-0.2, 0) is 19.9 Å². The SMILES string of the molecule is CC1(C)CN(S(=O)(=O)CCS(C)(=O)=O)CCN1. The fourth-order valence-electron chi connectivity index (χ4n) is 1.72. The van der Waals surface area contributed by atoms with Gasteiger partial charge in [0.05, 0.1) is 11.5 Å². The van der Waals surface area contributed by atoms with E-state index in [2.05, 4.69) is 5.32 Å². The lowest BCUT2D eigenvalue weighted by Crippen LogP contribution is -2.58. The third kappa shape index (κ3) is 4.90. The lowest BCUT2D eigenvalue weighted by molar-refractivity contribution is 0.234. The van der Waals surface area contributed by atoms with E-state index in [1.165, 1.54) is 4.31 Å². The normalized spacial score (nSPS) is 22.5. The molecule has 1 aliphatic rings. The number of hydrogen-bond acceptors (Lipinski definition) is 5. The van der Waals surface area contributed by atoms with Gasteiger partial charge in [-0.1, -0.05) is 0 Å². The number of piperazine rings is 1. The third-order valence-corrected chi connectivity index (χ3v) is 5.66. The number of sulfonamides is 1. The summed E-state index contributed by atoms with van der Waals surface area (Å²) in [6, 6.07) is 0. The minimum absolute atomic E-state index is 0.267. The highest BCUT2D eigenvalue weighted by Gasteiger charge is 2.32. The summed E-state index contributed by atoms with van der Waals surface area (Å²) in [5, 5.41) is 3.21. The Hall–Kier alpha value is -0.180. The monoisotopic (exact) mass is 284 g/mol. The van der Waals surface area contributed by atoms with E-state index in [1.54, 1.807) is 0 Å². The highest BCUT2D eigenvalue weighted by atomic mass is 32.2. The van der Waals surface area contributed by atoms with Crippen LogP contribution in [0.2, 0.25) is 0 Å². The maximum Gasteiger partial charge on any atom is 0.215 e. The van der Waals surface area contributed by atoms with Gasteiger partial charge in [-0.25, -0.2) is 16.8 Å². The fourth-order valence-corrected chi connectivity index (χ4v) is 4.92. The Labute approximate surface area is 103 Å². The van der Waals surface area contributed by atoms with Crippen molar-refractivity contribution in [2.24, 2.45) is 0 Å². The molecule has 1 rings (SSSR count). The molecule has 1 fully saturated rings. The van der Waals surface area contributed by atoms with Crippen LogP contribution in [0, 0.1) is 0 Å². The van der Waals surface area contributed by atoms with Gasteiger partial charge in [-0.15, -0.1) is 0 Å². The average molecular weight is 284 g/mol. The maximum atomic E-state index is 12.0. The minimum Gasteiger partial charge on any atom is -0.309 e. The van der Waals surface area contributed by atoms with Crippen molar-refractivity contribution < 1.29 is 16.8 Å². The van der Waals surface area contributed by atoms with Gasteiger partial charge in [0, 0.05) is 31.4 Å². The van der Waals surface area contributed by atoms with Crippen LogP contribution in [0.4, 0.5) is 0 Å². The molecule has 17 heavy (non-hydrogen) atoms. The Morgan fingerprint density at radius 1 is 1.18 bits per heavy atom. The molecule has 102 valence electrons. The Morgan fingerprint density at radius 3 is 2.24 bits per heavy atom. The second-order valence-electron chi connectivity index (χ2n) is 5.09. The van der Waals surface area contributed by atoms with Crippen molar-refractivity contribution in [3.05, 3.63) is 0 Å². The lowest BCUT2D eigenvalue weighted by atomic mass is 10.0. The van der Waals surface area contributed by atoms with Crippen molar-refractivity contribution in [3.63, 3.8) is 0 Å². The first kappa shape index (κ1) is 14.9. The molecule has 0 spiro atoms. The minimum atomic E-state index is -3.47. The molecule has 0 bridgehead atoms. The summed E-state index contributed by atoms with van der Waals surface area (Å²) in [6.45, 7) is 5.20. The average Bonchev–Trinajstić information content (AvgIpc) is 2.12. The van der Waals surface area contributed by atoms with Gasteiger partial charge >= 0.3 is 0 Å². The van der Waals surface area contributed by atoms with E-state index in [0.717, 1.165) is 6.26 Å². The van der Waals surface area contributed by atoms with Gasteiger partial charge in [-0.3, -0.25) is 0 Å². The van der Waals surface area contributed by atoms with Crippen molar-refractivity contribution in [1.29, 1.82) is 0 Å². The summed E-state index contributed by atoms with van der Waals surface area (Å²) >= 11 is 0. The molecule has 0 saturated carbocycles. The Bertz CT molecular complexity index is 467. The molecule has 0 aromatic carbocycles. The van der Waals surface area contributed by atoms with Crippen molar-refractivity contribution in [1.82, 2.24) is 9.62 Å². The number of nitrogens with one attached hydrogen (secondary N) is 1. The zero-order valence-corrected chi connectivity index (χ0v) is 12.1. The van der Waals surface area contributed by atoms with E-state index >= 15 is 0 Å². The van der Waals surface area contributed by atoms with Gasteiger partial charge in [0.1, 0.15) is 9.84 Å². The predicted octanol–water partition coefficient (Wildman–Crippen LogP) is -0.955. The molecule has 1 heterocycles. The number of nitrogens with zero attached hydrogens (tertiary/aromatic N) is 1. The van der Waals surface area contributed by atoms with Crippen LogP contribution >= 0.6 is 0 Å². The van der Waals surface area contributed by atoms with E-state index in [4.69, 9.17) is 0 Å². The second kappa shape index (κ2) is 4.83. The third-order valence-electron chi connectivity index (χ3n) is 2.64. The van der Waals surface area contributed by atoms with Gasteiger partial charge in [0.2, 0.25) is 10.0 Å². The Kier molecular flexibility index (Phi) is 4.23. The van der Waals surface area contributed by atoms with E-state index in [1.807, 2.05) is 13.8 Å². The van der Waals surface area contributed by atoms with Crippen molar-refractivity contribution in [3.8, 4) is 0 Å². The smallest absolute Gasteiger partial charge is 0.215 e. The molecule has 0 atom stereocenters. The summed E-state index contributed by atoms with van der Waals surface area (Å²) in [4.78, 5) is 0. The number of hydrogen-bond donors (Lipinski definition) is 1. The molecular formula is C9H20N2O4S2. The fraction of sp³-hybridized carbons (Fsp3) is 1.00. The molecule has 8 heteroatoms. The van der Waals surface area contributed by atoms with Crippen LogP contribution in [0.25, 0.3) is 0 Å².